The van der Waals surface area contributed by atoms with Gasteiger partial charge in [-0.15, -0.1) is 0 Å². The Morgan fingerprint density at radius 2 is 1.58 bits per heavy atom. The Morgan fingerprint density at radius 1 is 0.972 bits per heavy atom. The number of hydrogen-bond acceptors (Lipinski definition) is 4. The van der Waals surface area contributed by atoms with Crippen LogP contribution >= 0.6 is 0 Å². The van der Waals surface area contributed by atoms with Gasteiger partial charge in [0.15, 0.2) is 0 Å². The lowest BCUT2D eigenvalue weighted by molar-refractivity contribution is -0.121. The smallest absolute Gasteiger partial charge is 0.264 e. The van der Waals surface area contributed by atoms with Gasteiger partial charge in [0.25, 0.3) is 10.0 Å². The fraction of sp³-hybridized carbons (Fsp3) is 0.345. The highest BCUT2D eigenvalue weighted by atomic mass is 32.2. The van der Waals surface area contributed by atoms with E-state index in [1.807, 2.05) is 44.2 Å². The number of aryl methyl sites for hydroxylation is 2. The van der Waals surface area contributed by atoms with Crippen LogP contribution in [-0.4, -0.2) is 26.5 Å². The maximum absolute atomic E-state index is 13.7. The van der Waals surface area contributed by atoms with E-state index in [-0.39, 0.29) is 29.0 Å². The molecule has 0 radical (unpaired) electrons. The van der Waals surface area contributed by atoms with Gasteiger partial charge in [0.05, 0.1) is 16.6 Å². The van der Waals surface area contributed by atoms with E-state index in [0.29, 0.717) is 12.1 Å². The van der Waals surface area contributed by atoms with Crippen LogP contribution in [0.1, 0.15) is 55.8 Å². The van der Waals surface area contributed by atoms with Crippen LogP contribution in [-0.2, 0) is 14.8 Å². The Morgan fingerprint density at radius 3 is 2.22 bits per heavy atom. The first-order valence-electron chi connectivity index (χ1n) is 12.4. The van der Waals surface area contributed by atoms with Crippen molar-refractivity contribution in [2.75, 3.05) is 10.8 Å². The molecular formula is C29H34N2O4S. The molecule has 6 nitrogen and oxygen atoms in total. The van der Waals surface area contributed by atoms with Crippen LogP contribution in [0.3, 0.4) is 0 Å². The van der Waals surface area contributed by atoms with Crippen LogP contribution in [0.4, 0.5) is 5.69 Å². The number of nitrogens with one attached hydrogen (secondary N) is 1. The third-order valence-electron chi connectivity index (χ3n) is 6.93. The highest BCUT2D eigenvalue weighted by Crippen LogP contribution is 2.42. The largest absolute Gasteiger partial charge is 0.487 e. The van der Waals surface area contributed by atoms with Gasteiger partial charge in [-0.2, -0.15) is 0 Å². The second kappa shape index (κ2) is 10.3. The normalized spacial score (nSPS) is 16.5. The number of carbonyl (C=O) groups is 1. The Bertz CT molecular complexity index is 1310. The molecule has 1 aliphatic heterocycles. The van der Waals surface area contributed by atoms with Gasteiger partial charge in [0.1, 0.15) is 17.9 Å². The summed E-state index contributed by atoms with van der Waals surface area (Å²) in [6.07, 6.45) is 2.24. The second-order valence-electron chi connectivity index (χ2n) is 9.52. The lowest BCUT2D eigenvalue weighted by Gasteiger charge is -2.41. The molecule has 0 saturated heterocycles. The molecule has 1 atom stereocenters. The molecule has 4 rings (SSSR count). The molecule has 1 heterocycles. The molecular weight excluding hydrogens is 472 g/mol. The van der Waals surface area contributed by atoms with E-state index in [2.05, 4.69) is 19.2 Å². The highest BCUT2D eigenvalue weighted by Gasteiger charge is 2.39. The number of hydrogen-bond donors (Lipinski definition) is 1. The summed E-state index contributed by atoms with van der Waals surface area (Å²) in [5, 5.41) is 3.13. The zero-order valence-corrected chi connectivity index (χ0v) is 22.1. The molecule has 7 heteroatoms. The summed E-state index contributed by atoms with van der Waals surface area (Å²) in [5.74, 6) is 0.400. The van der Waals surface area contributed by atoms with E-state index in [4.69, 9.17) is 4.74 Å². The number of fused-ring (bicyclic) bond motifs is 1. The first-order chi connectivity index (χ1) is 17.2. The maximum atomic E-state index is 13.7. The molecule has 1 aliphatic rings. The monoisotopic (exact) mass is 506 g/mol. The van der Waals surface area contributed by atoms with Crippen molar-refractivity contribution in [2.24, 2.45) is 0 Å². The number of amides is 1. The van der Waals surface area contributed by atoms with Crippen molar-refractivity contribution in [3.05, 3.63) is 89.5 Å². The predicted molar refractivity (Wildman–Crippen MR) is 143 cm³/mol. The topological polar surface area (TPSA) is 75.7 Å². The number of para-hydroxylation sites is 1. The van der Waals surface area contributed by atoms with Crippen molar-refractivity contribution in [2.45, 2.75) is 63.5 Å². The van der Waals surface area contributed by atoms with E-state index in [1.54, 1.807) is 42.5 Å². The molecule has 0 aromatic heterocycles. The first-order valence-corrected chi connectivity index (χ1v) is 13.8. The van der Waals surface area contributed by atoms with E-state index in [0.717, 1.165) is 35.3 Å². The van der Waals surface area contributed by atoms with E-state index in [1.165, 1.54) is 4.31 Å². The van der Waals surface area contributed by atoms with Crippen LogP contribution in [0.15, 0.2) is 77.7 Å². The van der Waals surface area contributed by atoms with Crippen molar-refractivity contribution in [1.82, 2.24) is 5.32 Å². The zero-order chi connectivity index (χ0) is 25.9. The van der Waals surface area contributed by atoms with E-state index < -0.39 is 10.0 Å². The fourth-order valence-electron chi connectivity index (χ4n) is 4.93. The van der Waals surface area contributed by atoms with E-state index >= 15 is 0 Å². The number of benzene rings is 3. The molecule has 3 aromatic rings. The number of nitrogens with zero attached hydrogens (tertiary/aromatic N) is 1. The third-order valence-corrected chi connectivity index (χ3v) is 8.72. The van der Waals surface area contributed by atoms with Crippen LogP contribution in [0, 0.1) is 13.8 Å². The summed E-state index contributed by atoms with van der Waals surface area (Å²) < 4.78 is 35.0. The molecule has 0 bridgehead atoms. The van der Waals surface area contributed by atoms with E-state index in [9.17, 15) is 13.2 Å². The number of carbonyl (C=O) groups excluding carboxylic acids is 1. The average Bonchev–Trinajstić information content (AvgIpc) is 2.87. The molecule has 1 amide bonds. The lowest BCUT2D eigenvalue weighted by atomic mass is 9.83. The van der Waals surface area contributed by atoms with Gasteiger partial charge in [-0.25, -0.2) is 8.42 Å². The van der Waals surface area contributed by atoms with Crippen LogP contribution in [0.25, 0.3) is 0 Å². The molecule has 0 fully saturated rings. The van der Waals surface area contributed by atoms with Gasteiger partial charge < -0.3 is 10.1 Å². The molecule has 190 valence electrons. The van der Waals surface area contributed by atoms with Gasteiger partial charge in [-0.05, 0) is 68.1 Å². The predicted octanol–water partition coefficient (Wildman–Crippen LogP) is 5.70. The fourth-order valence-corrected chi connectivity index (χ4v) is 6.36. The van der Waals surface area contributed by atoms with Gasteiger partial charge in [0.2, 0.25) is 5.91 Å². The van der Waals surface area contributed by atoms with Crippen LogP contribution in [0.2, 0.25) is 0 Å². The number of ether oxygens (including phenoxy) is 1. The third kappa shape index (κ3) is 5.26. The Labute approximate surface area is 214 Å². The summed E-state index contributed by atoms with van der Waals surface area (Å²) in [4.78, 5) is 13.6. The molecule has 0 saturated carbocycles. The quantitative estimate of drug-likeness (QED) is 0.425. The summed E-state index contributed by atoms with van der Waals surface area (Å²) in [7, 11) is -3.97. The Kier molecular flexibility index (Phi) is 7.41. The Balaban J connectivity index is 1.67. The zero-order valence-electron chi connectivity index (χ0n) is 21.3. The lowest BCUT2D eigenvalue weighted by Crippen LogP contribution is -2.47. The molecule has 1 N–H and O–H groups in total. The number of sulfonamides is 1. The van der Waals surface area contributed by atoms with Crippen LogP contribution in [0.5, 0.6) is 5.75 Å². The van der Waals surface area contributed by atoms with Gasteiger partial charge in [0, 0.05) is 12.0 Å². The molecule has 0 spiro atoms. The van der Waals surface area contributed by atoms with Gasteiger partial charge in [-0.1, -0.05) is 56.3 Å². The number of anilines is 1. The average molecular weight is 507 g/mol. The SMILES string of the molecule is CCC1(CC)C[C@H](NC(=O)CN(c2cc(C)cc(C)c2)S(=O)(=O)c2ccccc2)c2ccccc2O1. The van der Waals surface area contributed by atoms with Crippen molar-refractivity contribution in [3.63, 3.8) is 0 Å². The molecule has 3 aromatic carbocycles. The van der Waals surface area contributed by atoms with Crippen molar-refractivity contribution in [1.29, 1.82) is 0 Å². The standard InChI is InChI=1S/C29H34N2O4S/c1-5-29(6-2)19-26(25-14-10-11-15-27(25)35-29)30-28(32)20-31(23-17-21(3)16-22(4)18-23)36(33,34)24-12-8-7-9-13-24/h7-18,26H,5-6,19-20H2,1-4H3,(H,30,32)/t26-/m0/s1. The van der Waals surface area contributed by atoms with Crippen molar-refractivity contribution >= 4 is 21.6 Å². The highest BCUT2D eigenvalue weighted by molar-refractivity contribution is 7.92. The summed E-state index contributed by atoms with van der Waals surface area (Å²) in [6, 6.07) is 21.3. The molecule has 36 heavy (non-hydrogen) atoms. The first kappa shape index (κ1) is 25.8. The Hall–Kier alpha value is -3.32. The van der Waals surface area contributed by atoms with Crippen molar-refractivity contribution < 1.29 is 17.9 Å². The summed E-state index contributed by atoms with van der Waals surface area (Å²) in [6.45, 7) is 7.68. The van der Waals surface area contributed by atoms with Gasteiger partial charge >= 0.3 is 0 Å². The minimum absolute atomic E-state index is 0.143. The minimum Gasteiger partial charge on any atom is -0.487 e. The summed E-state index contributed by atoms with van der Waals surface area (Å²) >= 11 is 0. The van der Waals surface area contributed by atoms with Crippen LogP contribution < -0.4 is 14.4 Å². The molecule has 0 unspecified atom stereocenters. The minimum atomic E-state index is -3.97. The second-order valence-corrected chi connectivity index (χ2v) is 11.4. The maximum Gasteiger partial charge on any atom is 0.264 e. The number of rotatable bonds is 8. The molecule has 0 aliphatic carbocycles. The van der Waals surface area contributed by atoms with Crippen molar-refractivity contribution in [3.8, 4) is 5.75 Å². The van der Waals surface area contributed by atoms with Gasteiger partial charge in [-0.3, -0.25) is 9.10 Å². The summed E-state index contributed by atoms with van der Waals surface area (Å²) in [5.41, 5.74) is 2.85.